The molecule has 0 aromatic heterocycles. The van der Waals surface area contributed by atoms with Crippen LogP contribution in [-0.2, 0) is 16.0 Å². The Bertz CT molecular complexity index is 437. The van der Waals surface area contributed by atoms with Crippen LogP contribution in [0, 0.1) is 11.2 Å². The molecule has 1 saturated heterocycles. The minimum Gasteiger partial charge on any atom is -0.296 e. The molecule has 90 valence electrons. The number of hydrogen-bond donors (Lipinski definition) is 1. The van der Waals surface area contributed by atoms with Crippen LogP contribution >= 0.6 is 0 Å². The molecule has 1 heterocycles. The normalized spacial score (nSPS) is 18.9. The molecular weight excluding hydrogens is 221 g/mol. The van der Waals surface area contributed by atoms with E-state index in [-0.39, 0.29) is 23.0 Å². The van der Waals surface area contributed by atoms with Gasteiger partial charge in [0.25, 0.3) is 0 Å². The highest BCUT2D eigenvalue weighted by atomic mass is 19.1. The molecule has 1 aliphatic rings. The van der Waals surface area contributed by atoms with E-state index >= 15 is 0 Å². The van der Waals surface area contributed by atoms with Crippen molar-refractivity contribution < 1.29 is 14.0 Å². The van der Waals surface area contributed by atoms with Gasteiger partial charge < -0.3 is 0 Å². The van der Waals surface area contributed by atoms with Gasteiger partial charge in [0.15, 0.2) is 0 Å². The maximum absolute atomic E-state index is 12.8. The van der Waals surface area contributed by atoms with Crippen molar-refractivity contribution in [1.82, 2.24) is 5.32 Å². The van der Waals surface area contributed by atoms with E-state index in [4.69, 9.17) is 0 Å². The Morgan fingerprint density at radius 2 is 1.71 bits per heavy atom. The zero-order valence-electron chi connectivity index (χ0n) is 9.63. The number of carbonyl (C=O) groups is 2. The minimum absolute atomic E-state index is 0.231. The molecule has 2 rings (SSSR count). The van der Waals surface area contributed by atoms with Gasteiger partial charge in [-0.2, -0.15) is 0 Å². The number of rotatable bonds is 2. The van der Waals surface area contributed by atoms with Crippen LogP contribution in [0.5, 0.6) is 0 Å². The third kappa shape index (κ3) is 2.90. The van der Waals surface area contributed by atoms with Crippen LogP contribution in [0.4, 0.5) is 4.39 Å². The first-order valence-electron chi connectivity index (χ1n) is 5.54. The zero-order chi connectivity index (χ0) is 12.5. The second kappa shape index (κ2) is 4.28. The SMILES string of the molecule is CC1(Cc2ccc(F)cc2)CC(=O)NC(=O)C1. The highest BCUT2D eigenvalue weighted by Gasteiger charge is 2.35. The Labute approximate surface area is 99.0 Å². The van der Waals surface area contributed by atoms with E-state index in [0.717, 1.165) is 5.56 Å². The summed E-state index contributed by atoms with van der Waals surface area (Å²) in [5, 5.41) is 2.29. The molecule has 17 heavy (non-hydrogen) atoms. The number of halogens is 1. The molecular formula is C13H14FNO2. The molecule has 0 unspecified atom stereocenters. The first kappa shape index (κ1) is 11.8. The molecule has 0 radical (unpaired) electrons. The van der Waals surface area contributed by atoms with E-state index < -0.39 is 0 Å². The molecule has 1 aliphatic heterocycles. The average molecular weight is 235 g/mol. The Morgan fingerprint density at radius 3 is 2.24 bits per heavy atom. The summed E-state index contributed by atoms with van der Waals surface area (Å²) in [6.45, 7) is 1.91. The fourth-order valence-corrected chi connectivity index (χ4v) is 2.30. The third-order valence-corrected chi connectivity index (χ3v) is 3.00. The monoisotopic (exact) mass is 235 g/mol. The van der Waals surface area contributed by atoms with Gasteiger partial charge in [0.1, 0.15) is 5.82 Å². The van der Waals surface area contributed by atoms with Crippen LogP contribution in [0.3, 0.4) is 0 Å². The number of amides is 2. The predicted octanol–water partition coefficient (Wildman–Crippen LogP) is 1.81. The van der Waals surface area contributed by atoms with Gasteiger partial charge in [-0.05, 0) is 29.5 Å². The average Bonchev–Trinajstić information content (AvgIpc) is 2.19. The van der Waals surface area contributed by atoms with Crippen LogP contribution in [0.2, 0.25) is 0 Å². The topological polar surface area (TPSA) is 46.2 Å². The Morgan fingerprint density at radius 1 is 1.18 bits per heavy atom. The first-order valence-corrected chi connectivity index (χ1v) is 5.54. The van der Waals surface area contributed by atoms with E-state index in [1.807, 2.05) is 6.92 Å². The Balaban J connectivity index is 2.13. The molecule has 1 fully saturated rings. The van der Waals surface area contributed by atoms with E-state index in [0.29, 0.717) is 19.3 Å². The molecule has 2 amide bonds. The van der Waals surface area contributed by atoms with Crippen LogP contribution in [0.1, 0.15) is 25.3 Å². The van der Waals surface area contributed by atoms with Gasteiger partial charge in [0.05, 0.1) is 0 Å². The van der Waals surface area contributed by atoms with Crippen molar-refractivity contribution >= 4 is 11.8 Å². The van der Waals surface area contributed by atoms with Crippen molar-refractivity contribution in [2.24, 2.45) is 5.41 Å². The highest BCUT2D eigenvalue weighted by Crippen LogP contribution is 2.33. The van der Waals surface area contributed by atoms with Crippen LogP contribution in [0.25, 0.3) is 0 Å². The summed E-state index contributed by atoms with van der Waals surface area (Å²) in [7, 11) is 0. The maximum Gasteiger partial charge on any atom is 0.227 e. The predicted molar refractivity (Wildman–Crippen MR) is 60.6 cm³/mol. The number of hydrogen-bond acceptors (Lipinski definition) is 2. The molecule has 1 N–H and O–H groups in total. The third-order valence-electron chi connectivity index (χ3n) is 3.00. The smallest absolute Gasteiger partial charge is 0.227 e. The summed E-state index contributed by atoms with van der Waals surface area (Å²) in [5.74, 6) is -0.743. The van der Waals surface area contributed by atoms with Gasteiger partial charge >= 0.3 is 0 Å². The minimum atomic E-state index is -0.364. The lowest BCUT2D eigenvalue weighted by molar-refractivity contribution is -0.137. The van der Waals surface area contributed by atoms with Crippen LogP contribution < -0.4 is 5.32 Å². The summed E-state index contributed by atoms with van der Waals surface area (Å²) in [4.78, 5) is 22.7. The van der Waals surface area contributed by atoms with E-state index in [2.05, 4.69) is 5.32 Å². The Hall–Kier alpha value is -1.71. The lowest BCUT2D eigenvalue weighted by atomic mass is 9.75. The molecule has 0 aliphatic carbocycles. The van der Waals surface area contributed by atoms with E-state index in [1.54, 1.807) is 12.1 Å². The number of nitrogens with one attached hydrogen (secondary N) is 1. The summed E-state index contributed by atoms with van der Waals surface area (Å²) in [6.07, 6.45) is 1.26. The fourth-order valence-electron chi connectivity index (χ4n) is 2.30. The number of imide groups is 1. The van der Waals surface area contributed by atoms with Crippen molar-refractivity contribution in [1.29, 1.82) is 0 Å². The second-order valence-corrected chi connectivity index (χ2v) is 4.94. The van der Waals surface area contributed by atoms with Crippen molar-refractivity contribution in [3.05, 3.63) is 35.6 Å². The van der Waals surface area contributed by atoms with Crippen molar-refractivity contribution in [2.75, 3.05) is 0 Å². The molecule has 0 saturated carbocycles. The summed E-state index contributed by atoms with van der Waals surface area (Å²) in [5.41, 5.74) is 0.577. The lowest BCUT2D eigenvalue weighted by Crippen LogP contribution is -2.44. The van der Waals surface area contributed by atoms with E-state index in [1.165, 1.54) is 12.1 Å². The van der Waals surface area contributed by atoms with Gasteiger partial charge in [-0.25, -0.2) is 4.39 Å². The van der Waals surface area contributed by atoms with Gasteiger partial charge in [-0.1, -0.05) is 19.1 Å². The molecule has 3 nitrogen and oxygen atoms in total. The van der Waals surface area contributed by atoms with Gasteiger partial charge in [-0.3, -0.25) is 14.9 Å². The van der Waals surface area contributed by atoms with Crippen molar-refractivity contribution in [3.63, 3.8) is 0 Å². The van der Waals surface area contributed by atoms with Crippen molar-refractivity contribution in [3.8, 4) is 0 Å². The summed E-state index contributed by atoms with van der Waals surface area (Å²) in [6, 6.07) is 6.17. The summed E-state index contributed by atoms with van der Waals surface area (Å²) >= 11 is 0. The second-order valence-electron chi connectivity index (χ2n) is 4.94. The molecule has 0 spiro atoms. The number of benzene rings is 1. The summed E-state index contributed by atoms with van der Waals surface area (Å²) < 4.78 is 12.8. The maximum atomic E-state index is 12.8. The first-order chi connectivity index (χ1) is 7.97. The number of carbonyl (C=O) groups excluding carboxylic acids is 2. The van der Waals surface area contributed by atoms with Crippen LogP contribution in [0.15, 0.2) is 24.3 Å². The molecule has 4 heteroatoms. The van der Waals surface area contributed by atoms with Crippen molar-refractivity contribution in [2.45, 2.75) is 26.2 Å². The standard InChI is InChI=1S/C13H14FNO2/c1-13(7-11(16)15-12(17)8-13)6-9-2-4-10(14)5-3-9/h2-5H,6-8H2,1H3,(H,15,16,17). The van der Waals surface area contributed by atoms with E-state index in [9.17, 15) is 14.0 Å². The molecule has 0 atom stereocenters. The lowest BCUT2D eigenvalue weighted by Gasteiger charge is -2.32. The quantitative estimate of drug-likeness (QED) is 0.795. The van der Waals surface area contributed by atoms with Gasteiger partial charge in [0, 0.05) is 12.8 Å². The Kier molecular flexibility index (Phi) is 2.96. The number of piperidine rings is 1. The van der Waals surface area contributed by atoms with Gasteiger partial charge in [0.2, 0.25) is 11.8 Å². The highest BCUT2D eigenvalue weighted by molar-refractivity contribution is 5.98. The fraction of sp³-hybridized carbons (Fsp3) is 0.385. The molecule has 1 aromatic carbocycles. The largest absolute Gasteiger partial charge is 0.296 e. The van der Waals surface area contributed by atoms with Crippen LogP contribution in [-0.4, -0.2) is 11.8 Å². The molecule has 0 bridgehead atoms. The van der Waals surface area contributed by atoms with Gasteiger partial charge in [-0.15, -0.1) is 0 Å². The zero-order valence-corrected chi connectivity index (χ0v) is 9.63. The molecule has 1 aromatic rings.